The maximum atomic E-state index is 13.7. The van der Waals surface area contributed by atoms with Crippen LogP contribution in [0.2, 0.25) is 0 Å². The van der Waals surface area contributed by atoms with E-state index < -0.39 is 11.3 Å². The highest BCUT2D eigenvalue weighted by atomic mass is 19.1. The van der Waals surface area contributed by atoms with Gasteiger partial charge in [-0.25, -0.2) is 4.39 Å². The van der Waals surface area contributed by atoms with Crippen LogP contribution >= 0.6 is 0 Å². The van der Waals surface area contributed by atoms with Crippen LogP contribution in [0.5, 0.6) is 0 Å². The van der Waals surface area contributed by atoms with Crippen molar-refractivity contribution in [3.05, 3.63) is 77.0 Å². The Balaban J connectivity index is 1.90. The second-order valence-electron chi connectivity index (χ2n) is 9.82. The third-order valence-electron chi connectivity index (χ3n) is 5.66. The molecule has 2 radical (unpaired) electrons. The Kier molecular flexibility index (Phi) is 6.38. The van der Waals surface area contributed by atoms with Gasteiger partial charge in [-0.3, -0.25) is 9.67 Å². The minimum Gasteiger partial charge on any atom is -0.383 e. The molecule has 0 aliphatic heterocycles. The number of aromatic nitrogens is 4. The lowest BCUT2D eigenvalue weighted by molar-refractivity contribution is 0.443. The monoisotopic (exact) mass is 478 g/mol. The van der Waals surface area contributed by atoms with Crippen molar-refractivity contribution < 1.29 is 4.39 Å². The Bertz CT molecular complexity index is 1510. The smallest absolute Gasteiger partial charge is 0.123 e. The van der Waals surface area contributed by atoms with Gasteiger partial charge in [-0.05, 0) is 35.2 Å². The topological polar surface area (TPSA) is 115 Å². The average molecular weight is 478 g/mol. The molecule has 36 heavy (non-hydrogen) atoms. The van der Waals surface area contributed by atoms with E-state index in [9.17, 15) is 14.9 Å². The lowest BCUT2D eigenvalue weighted by Gasteiger charge is -2.32. The largest absolute Gasteiger partial charge is 0.383 e. The van der Waals surface area contributed by atoms with Gasteiger partial charge in [0.2, 0.25) is 0 Å². The predicted octanol–water partition coefficient (Wildman–Crippen LogP) is 4.19. The molecule has 2 heterocycles. The van der Waals surface area contributed by atoms with Crippen LogP contribution in [0.4, 0.5) is 15.8 Å². The number of benzene rings is 2. The summed E-state index contributed by atoms with van der Waals surface area (Å²) >= 11 is 0. The molecule has 1 atom stereocenters. The maximum Gasteiger partial charge on any atom is 0.123 e. The molecule has 4 aromatic rings. The Hall–Kier alpha value is -4.44. The number of halogens is 1. The lowest BCUT2D eigenvalue weighted by Crippen LogP contribution is -2.37. The fourth-order valence-corrected chi connectivity index (χ4v) is 3.84. The standard InChI is InChI=1S/C26H24BFN8/c1-25(2,3)15-32-24-17(12-30)13-31-23-16(11-29)9-20(10-21(23)24)33-26(27,22-14-36(4)35-34-22)18-5-7-19(28)8-6-18/h5-10,13-14,33H,15H2,1-4H3,(H,31,32). The second kappa shape index (κ2) is 9.31. The van der Waals surface area contributed by atoms with E-state index >= 15 is 0 Å². The summed E-state index contributed by atoms with van der Waals surface area (Å²) in [4.78, 5) is 4.38. The van der Waals surface area contributed by atoms with Gasteiger partial charge in [0.25, 0.3) is 0 Å². The summed E-state index contributed by atoms with van der Waals surface area (Å²) < 4.78 is 15.2. The molecule has 0 spiro atoms. The number of hydrogen-bond acceptors (Lipinski definition) is 7. The molecule has 0 aliphatic carbocycles. The molecule has 0 bridgehead atoms. The van der Waals surface area contributed by atoms with E-state index in [4.69, 9.17) is 7.85 Å². The molecule has 2 N–H and O–H groups in total. The van der Waals surface area contributed by atoms with Gasteiger partial charge in [-0.15, -0.1) is 5.10 Å². The average Bonchev–Trinajstić information content (AvgIpc) is 3.28. The Morgan fingerprint density at radius 1 is 1.08 bits per heavy atom. The molecule has 0 saturated carbocycles. The zero-order valence-electron chi connectivity index (χ0n) is 20.5. The van der Waals surface area contributed by atoms with Crippen LogP contribution in [0.3, 0.4) is 0 Å². The van der Waals surface area contributed by atoms with E-state index in [0.29, 0.717) is 51.2 Å². The van der Waals surface area contributed by atoms with Crippen LogP contribution in [-0.4, -0.2) is 34.4 Å². The van der Waals surface area contributed by atoms with Gasteiger partial charge in [0.15, 0.2) is 0 Å². The molecule has 178 valence electrons. The number of nitrogens with zero attached hydrogens (tertiary/aromatic N) is 6. The number of nitrogens with one attached hydrogen (secondary N) is 2. The molecule has 2 aromatic heterocycles. The highest BCUT2D eigenvalue weighted by Gasteiger charge is 2.32. The molecule has 10 heteroatoms. The first-order chi connectivity index (χ1) is 17.0. The summed E-state index contributed by atoms with van der Waals surface area (Å²) in [6, 6.07) is 13.5. The van der Waals surface area contributed by atoms with Gasteiger partial charge in [0.05, 0.1) is 34.0 Å². The first-order valence-electron chi connectivity index (χ1n) is 11.2. The van der Waals surface area contributed by atoms with Crippen LogP contribution in [0.25, 0.3) is 10.9 Å². The summed E-state index contributed by atoms with van der Waals surface area (Å²) in [6.07, 6.45) is 3.13. The van der Waals surface area contributed by atoms with Crippen LogP contribution in [-0.2, 0) is 12.5 Å². The molecule has 0 fully saturated rings. The fraction of sp³-hybridized carbons (Fsp3) is 0.269. The molecule has 2 aromatic carbocycles. The minimum atomic E-state index is -1.40. The van der Waals surface area contributed by atoms with Gasteiger partial charge in [0, 0.05) is 30.9 Å². The first-order valence-corrected chi connectivity index (χ1v) is 11.2. The summed E-state index contributed by atoms with van der Waals surface area (Å²) in [6.45, 7) is 6.83. The molecule has 4 rings (SSSR count). The molecule has 0 amide bonds. The molecule has 0 aliphatic rings. The maximum absolute atomic E-state index is 13.7. The van der Waals surface area contributed by atoms with Crippen molar-refractivity contribution in [2.75, 3.05) is 17.2 Å². The molecular formula is C26H24BFN8. The number of nitriles is 2. The molecular weight excluding hydrogens is 454 g/mol. The predicted molar refractivity (Wildman–Crippen MR) is 137 cm³/mol. The van der Waals surface area contributed by atoms with Gasteiger partial charge in [-0.1, -0.05) is 38.1 Å². The first kappa shape index (κ1) is 24.7. The van der Waals surface area contributed by atoms with E-state index in [2.05, 4.69) is 58.8 Å². The summed E-state index contributed by atoms with van der Waals surface area (Å²) in [5.74, 6) is -0.401. The van der Waals surface area contributed by atoms with E-state index in [-0.39, 0.29) is 5.41 Å². The van der Waals surface area contributed by atoms with Crippen LogP contribution in [0.1, 0.15) is 43.2 Å². The normalized spacial score (nSPS) is 13.0. The zero-order chi connectivity index (χ0) is 26.1. The SMILES string of the molecule is [B]C(Nc1cc(C#N)c2ncc(C#N)c(NCC(C)(C)C)c2c1)(c1ccc(F)cc1)c1cn(C)nn1. The van der Waals surface area contributed by atoms with Gasteiger partial charge >= 0.3 is 0 Å². The van der Waals surface area contributed by atoms with E-state index in [0.717, 1.165) is 0 Å². The number of hydrogen-bond donors (Lipinski definition) is 2. The minimum absolute atomic E-state index is 0.0583. The van der Waals surface area contributed by atoms with Crippen molar-refractivity contribution in [3.63, 3.8) is 0 Å². The van der Waals surface area contributed by atoms with Gasteiger partial charge in [-0.2, -0.15) is 10.5 Å². The second-order valence-corrected chi connectivity index (χ2v) is 9.82. The van der Waals surface area contributed by atoms with Crippen molar-refractivity contribution in [1.82, 2.24) is 20.0 Å². The Labute approximate surface area is 210 Å². The van der Waals surface area contributed by atoms with Crippen molar-refractivity contribution in [2.24, 2.45) is 12.5 Å². The quantitative estimate of drug-likeness (QED) is 0.400. The Morgan fingerprint density at radius 2 is 1.78 bits per heavy atom. The third-order valence-corrected chi connectivity index (χ3v) is 5.66. The lowest BCUT2D eigenvalue weighted by atomic mass is 9.69. The highest BCUT2D eigenvalue weighted by Crippen LogP contribution is 2.35. The summed E-state index contributed by atoms with van der Waals surface area (Å²) in [5.41, 5.74) is 1.68. The third kappa shape index (κ3) is 4.84. The van der Waals surface area contributed by atoms with Crippen LogP contribution < -0.4 is 10.6 Å². The summed E-state index contributed by atoms with van der Waals surface area (Å²) in [5, 5.41) is 35.1. The molecule has 0 saturated heterocycles. The number of pyridine rings is 1. The highest BCUT2D eigenvalue weighted by molar-refractivity contribution is 6.19. The molecule has 8 nitrogen and oxygen atoms in total. The van der Waals surface area contributed by atoms with Crippen molar-refractivity contribution in [1.29, 1.82) is 10.5 Å². The number of aryl methyl sites for hydroxylation is 1. The van der Waals surface area contributed by atoms with Crippen molar-refractivity contribution in [2.45, 2.75) is 26.2 Å². The Morgan fingerprint density at radius 3 is 2.36 bits per heavy atom. The fourth-order valence-electron chi connectivity index (χ4n) is 3.84. The van der Waals surface area contributed by atoms with Crippen molar-refractivity contribution in [3.8, 4) is 12.1 Å². The molecule has 1 unspecified atom stereocenters. The zero-order valence-corrected chi connectivity index (χ0v) is 20.5. The number of anilines is 2. The van der Waals surface area contributed by atoms with E-state index in [1.54, 1.807) is 37.5 Å². The van der Waals surface area contributed by atoms with E-state index in [1.165, 1.54) is 23.0 Å². The van der Waals surface area contributed by atoms with Gasteiger partial charge in [0.1, 0.15) is 31.5 Å². The van der Waals surface area contributed by atoms with Crippen LogP contribution in [0, 0.1) is 33.9 Å². The number of rotatable bonds is 6. The number of fused-ring (bicyclic) bond motifs is 1. The van der Waals surface area contributed by atoms with E-state index in [1.807, 2.05) is 0 Å². The summed E-state index contributed by atoms with van der Waals surface area (Å²) in [7, 11) is 8.58. The van der Waals surface area contributed by atoms with Gasteiger partial charge < -0.3 is 10.6 Å². The van der Waals surface area contributed by atoms with Crippen LogP contribution in [0.15, 0.2) is 48.8 Å². The van der Waals surface area contributed by atoms with Crippen molar-refractivity contribution >= 4 is 30.1 Å².